The second kappa shape index (κ2) is 25.1. The fraction of sp³-hybridized carbons (Fsp3) is 0.278. The maximum Gasteiger partial charge on any atom is 0.138 e. The lowest BCUT2D eigenvalue weighted by atomic mass is 9.81. The Kier molecular flexibility index (Phi) is 18.0. The summed E-state index contributed by atoms with van der Waals surface area (Å²) in [6, 6.07) is 38.1. The minimum Gasteiger partial charge on any atom is -0.456 e. The van der Waals surface area contributed by atoms with Gasteiger partial charge in [-0.05, 0) is 176 Å². The van der Waals surface area contributed by atoms with Crippen LogP contribution in [0, 0.1) is 13.8 Å². The van der Waals surface area contributed by atoms with Gasteiger partial charge in [0.2, 0.25) is 0 Å². The predicted molar refractivity (Wildman–Crippen MR) is 321 cm³/mol. The van der Waals surface area contributed by atoms with Crippen LogP contribution in [-0.4, -0.2) is 0 Å². The van der Waals surface area contributed by atoms with Crippen LogP contribution in [0.3, 0.4) is 0 Å². The van der Waals surface area contributed by atoms with Crippen LogP contribution < -0.4 is 0 Å². The van der Waals surface area contributed by atoms with E-state index in [1.54, 1.807) is 11.1 Å². The van der Waals surface area contributed by atoms with Crippen LogP contribution in [0.15, 0.2) is 179 Å². The second-order valence-electron chi connectivity index (χ2n) is 19.9. The molecule has 5 aliphatic carbocycles. The Morgan fingerprint density at radius 3 is 1.81 bits per heavy atom. The van der Waals surface area contributed by atoms with Gasteiger partial charge in [-0.1, -0.05) is 227 Å². The summed E-state index contributed by atoms with van der Waals surface area (Å²) in [5.41, 5.74) is 24.9. The van der Waals surface area contributed by atoms with Crippen molar-refractivity contribution in [3.63, 3.8) is 0 Å². The van der Waals surface area contributed by atoms with Crippen LogP contribution in [0.4, 0.5) is 0 Å². The molecule has 0 bridgehead atoms. The summed E-state index contributed by atoms with van der Waals surface area (Å²) in [5, 5.41) is 4.18. The van der Waals surface area contributed by atoms with Crippen LogP contribution in [0.1, 0.15) is 159 Å². The third kappa shape index (κ3) is 11.8. The van der Waals surface area contributed by atoms with E-state index in [-0.39, 0.29) is 0 Å². The molecule has 7 aromatic rings. The van der Waals surface area contributed by atoms with E-state index in [1.165, 1.54) is 132 Å². The topological polar surface area (TPSA) is 13.1 Å². The molecule has 1 heteroatoms. The first-order valence-electron chi connectivity index (χ1n) is 27.5. The lowest BCUT2D eigenvalue weighted by Crippen LogP contribution is -2.06. The van der Waals surface area contributed by atoms with Gasteiger partial charge in [-0.25, -0.2) is 0 Å². The van der Waals surface area contributed by atoms with Gasteiger partial charge in [0.05, 0.1) is 0 Å². The van der Waals surface area contributed by atoms with Crippen LogP contribution in [-0.2, 0) is 32.1 Å². The number of furan rings is 1. The molecule has 0 spiro atoms. The van der Waals surface area contributed by atoms with E-state index >= 15 is 0 Å². The van der Waals surface area contributed by atoms with Gasteiger partial charge in [0.25, 0.3) is 0 Å². The summed E-state index contributed by atoms with van der Waals surface area (Å²) in [6.07, 6.45) is 40.6. The SMILES string of the molecule is CC.CC1=CCC(c2cccc3c4c(oc23)C=CCC4)C=C1.CCC.C\C=C/C1=C(\C=C/C)c2ccc(C)cc2Cc2ccccc2-c2ccccc2C1.Cc1ccc2c3c(c4c(c2c1)C=CCC4)CCC=C3. The van der Waals surface area contributed by atoms with Gasteiger partial charge in [0.15, 0.2) is 0 Å². The molecule has 73 heavy (non-hydrogen) atoms. The Balaban J connectivity index is 0.000000143. The Labute approximate surface area is 438 Å². The Bertz CT molecular complexity index is 3320. The maximum absolute atomic E-state index is 6.16. The smallest absolute Gasteiger partial charge is 0.138 e. The van der Waals surface area contributed by atoms with Crippen molar-refractivity contribution < 1.29 is 4.42 Å². The quantitative estimate of drug-likeness (QED) is 0.172. The van der Waals surface area contributed by atoms with E-state index in [0.717, 1.165) is 43.4 Å². The Hall–Kier alpha value is -6.96. The summed E-state index contributed by atoms with van der Waals surface area (Å²) in [6.45, 7) is 19.0. The Morgan fingerprint density at radius 2 is 1.15 bits per heavy atom. The molecular formula is C72H78O. The van der Waals surface area contributed by atoms with Gasteiger partial charge >= 0.3 is 0 Å². The number of benzene rings is 6. The molecule has 1 heterocycles. The van der Waals surface area contributed by atoms with Crippen molar-refractivity contribution in [2.75, 3.05) is 0 Å². The molecular weight excluding hydrogens is 881 g/mol. The lowest BCUT2D eigenvalue weighted by Gasteiger charge is -2.23. The molecule has 0 fully saturated rings. The van der Waals surface area contributed by atoms with Gasteiger partial charge < -0.3 is 4.42 Å². The van der Waals surface area contributed by atoms with Gasteiger partial charge in [0, 0.05) is 22.4 Å². The molecule has 6 aromatic carbocycles. The van der Waals surface area contributed by atoms with Crippen molar-refractivity contribution in [3.8, 4) is 11.1 Å². The number of para-hydroxylation sites is 1. The van der Waals surface area contributed by atoms with E-state index in [4.69, 9.17) is 4.42 Å². The molecule has 0 saturated heterocycles. The number of fused-ring (bicyclic) bond motifs is 13. The van der Waals surface area contributed by atoms with E-state index < -0.39 is 0 Å². The molecule has 372 valence electrons. The van der Waals surface area contributed by atoms with Crippen molar-refractivity contribution in [3.05, 3.63) is 248 Å². The largest absolute Gasteiger partial charge is 0.456 e. The fourth-order valence-electron chi connectivity index (χ4n) is 11.2. The molecule has 1 unspecified atom stereocenters. The highest BCUT2D eigenvalue weighted by Gasteiger charge is 2.22. The van der Waals surface area contributed by atoms with E-state index in [9.17, 15) is 0 Å². The fourth-order valence-corrected chi connectivity index (χ4v) is 11.2. The molecule has 1 atom stereocenters. The minimum absolute atomic E-state index is 0.444. The van der Waals surface area contributed by atoms with Crippen molar-refractivity contribution >= 4 is 45.5 Å². The third-order valence-corrected chi connectivity index (χ3v) is 14.5. The monoisotopic (exact) mass is 959 g/mol. The van der Waals surface area contributed by atoms with Crippen molar-refractivity contribution in [2.24, 2.45) is 0 Å². The molecule has 0 N–H and O–H groups in total. The van der Waals surface area contributed by atoms with Gasteiger partial charge in [-0.3, -0.25) is 0 Å². The predicted octanol–water partition coefficient (Wildman–Crippen LogP) is 20.6. The molecule has 1 aromatic heterocycles. The number of aryl methyl sites for hydroxylation is 3. The second-order valence-corrected chi connectivity index (χ2v) is 19.9. The summed E-state index contributed by atoms with van der Waals surface area (Å²) in [4.78, 5) is 0. The zero-order valence-electron chi connectivity index (χ0n) is 45.4. The molecule has 12 rings (SSSR count). The van der Waals surface area contributed by atoms with Crippen LogP contribution >= 0.6 is 0 Å². The molecule has 0 amide bonds. The molecule has 5 aliphatic rings. The minimum atomic E-state index is 0.444. The summed E-state index contributed by atoms with van der Waals surface area (Å²) >= 11 is 0. The summed E-state index contributed by atoms with van der Waals surface area (Å²) < 4.78 is 6.16. The van der Waals surface area contributed by atoms with E-state index in [2.05, 4.69) is 231 Å². The molecule has 0 saturated carbocycles. The van der Waals surface area contributed by atoms with Crippen LogP contribution in [0.5, 0.6) is 0 Å². The highest BCUT2D eigenvalue weighted by Crippen LogP contribution is 2.41. The highest BCUT2D eigenvalue weighted by atomic mass is 16.3. The van der Waals surface area contributed by atoms with Gasteiger partial charge in [-0.15, -0.1) is 0 Å². The zero-order valence-corrected chi connectivity index (χ0v) is 45.4. The normalized spacial score (nSPS) is 16.9. The van der Waals surface area contributed by atoms with Crippen LogP contribution in [0.2, 0.25) is 0 Å². The van der Waals surface area contributed by atoms with Gasteiger partial charge in [0.1, 0.15) is 11.3 Å². The zero-order chi connectivity index (χ0) is 51.3. The summed E-state index contributed by atoms with van der Waals surface area (Å²) in [5.74, 6) is 1.50. The number of allylic oxidation sites excluding steroid dienone is 13. The molecule has 1 nitrogen and oxygen atoms in total. The highest BCUT2D eigenvalue weighted by molar-refractivity contribution is 6.00. The first-order valence-corrected chi connectivity index (χ1v) is 27.5. The van der Waals surface area contributed by atoms with Gasteiger partial charge in [-0.2, -0.15) is 0 Å². The average molecular weight is 959 g/mol. The first kappa shape index (κ1) is 52.4. The van der Waals surface area contributed by atoms with Crippen molar-refractivity contribution in [1.29, 1.82) is 0 Å². The number of hydrogen-bond acceptors (Lipinski definition) is 1. The maximum atomic E-state index is 6.16. The van der Waals surface area contributed by atoms with E-state index in [1.807, 2.05) is 13.8 Å². The average Bonchev–Trinajstić information content (AvgIpc) is 3.81. The number of hydrogen-bond donors (Lipinski definition) is 0. The molecule has 0 aliphatic heterocycles. The standard InChI is InChI=1S/C29H28.C19H18O.C19H18.C3H8.C2H6/c1-4-10-22-19-23-12-6-8-14-27(23)28-15-9-7-13-24(28)20-25-18-21(3)16-17-29(25)26(22)11-5-2;1-13-9-11-14(12-10-13)15-6-4-7-17-16-5-2-3-8-18(16)20-19(15)17;1-13-10-11-18-16-8-3-2-6-14(16)15-7-4-5-9-17(15)19(18)12-13;1-3-2;1-2/h4-18H,19-20H2,1-3H3;3-4,6-11,14H,2,5,12H2,1H3;3,5,8-12H,2,4,6-7H2,1H3;3H2,1-2H3;1-2H3/b10-4-,11-5-,26-22-;;;;. The Morgan fingerprint density at radius 1 is 0.548 bits per heavy atom. The third-order valence-electron chi connectivity index (χ3n) is 14.5. The number of rotatable bonds is 3. The van der Waals surface area contributed by atoms with Crippen molar-refractivity contribution in [1.82, 2.24) is 0 Å². The summed E-state index contributed by atoms with van der Waals surface area (Å²) in [7, 11) is 0. The molecule has 0 radical (unpaired) electrons. The lowest BCUT2D eigenvalue weighted by molar-refractivity contribution is 0.588. The van der Waals surface area contributed by atoms with Crippen molar-refractivity contribution in [2.45, 2.75) is 132 Å². The first-order chi connectivity index (χ1) is 35.8. The van der Waals surface area contributed by atoms with Crippen LogP contribution in [0.25, 0.3) is 56.7 Å². The van der Waals surface area contributed by atoms with E-state index in [0.29, 0.717) is 5.92 Å².